The van der Waals surface area contributed by atoms with Crippen molar-refractivity contribution < 1.29 is 33.3 Å². The maximum atomic E-state index is 13.6. The summed E-state index contributed by atoms with van der Waals surface area (Å²) in [5, 5.41) is 40.0. The van der Waals surface area contributed by atoms with Crippen molar-refractivity contribution in [3.05, 3.63) is 101 Å². The van der Waals surface area contributed by atoms with Gasteiger partial charge >= 0.3 is 12.1 Å². The summed E-state index contributed by atoms with van der Waals surface area (Å²) in [6, 6.07) is 19.1. The molecule has 0 bridgehead atoms. The molecule has 41 heavy (non-hydrogen) atoms. The number of carboxylic acids is 1. The number of para-hydroxylation sites is 1. The number of phenols is 1. The van der Waals surface area contributed by atoms with Crippen LogP contribution in [-0.2, 0) is 12.6 Å². The van der Waals surface area contributed by atoms with Crippen LogP contribution in [0.25, 0.3) is 27.7 Å². The highest BCUT2D eigenvalue weighted by Crippen LogP contribution is 2.45. The Hall–Kier alpha value is -5.12. The number of hydrogen-bond donors (Lipinski definition) is 3. The minimum atomic E-state index is -4.60. The first kappa shape index (κ1) is 27.4. The Bertz CT molecular complexity index is 1840. The highest BCUT2D eigenvalue weighted by atomic mass is 19.4. The van der Waals surface area contributed by atoms with Crippen LogP contribution < -0.4 is 0 Å². The lowest BCUT2D eigenvalue weighted by Crippen LogP contribution is -2.05. The first-order valence-electron chi connectivity index (χ1n) is 12.6. The maximum absolute atomic E-state index is 13.6. The van der Waals surface area contributed by atoms with Crippen molar-refractivity contribution >= 4 is 28.2 Å². The summed E-state index contributed by atoms with van der Waals surface area (Å²) in [6.45, 7) is 3.88. The molecule has 0 unspecified atom stereocenters. The molecule has 0 fully saturated rings. The van der Waals surface area contributed by atoms with Gasteiger partial charge in [-0.25, -0.2) is 4.79 Å². The van der Waals surface area contributed by atoms with Gasteiger partial charge in [-0.3, -0.25) is 4.57 Å². The molecule has 7 nitrogen and oxygen atoms in total. The number of alkyl halides is 3. The zero-order valence-corrected chi connectivity index (χ0v) is 21.9. The van der Waals surface area contributed by atoms with Gasteiger partial charge in [0, 0.05) is 16.6 Å². The van der Waals surface area contributed by atoms with Gasteiger partial charge in [-0.1, -0.05) is 37.3 Å². The molecule has 1 aromatic heterocycles. The first-order valence-corrected chi connectivity index (χ1v) is 12.6. The molecular weight excluding hydrogens is 535 g/mol. The fourth-order valence-electron chi connectivity index (χ4n) is 4.78. The van der Waals surface area contributed by atoms with Crippen molar-refractivity contribution in [1.29, 1.82) is 0 Å². The lowest BCUT2D eigenvalue weighted by molar-refractivity contribution is -0.137. The van der Waals surface area contributed by atoms with E-state index in [4.69, 9.17) is 0 Å². The molecule has 0 spiro atoms. The Balaban J connectivity index is 1.65. The molecule has 0 radical (unpaired) electrons. The number of aromatic nitrogens is 1. The number of fused-ring (bicyclic) bond motifs is 1. The van der Waals surface area contributed by atoms with Crippen molar-refractivity contribution in [2.45, 2.75) is 26.4 Å². The highest BCUT2D eigenvalue weighted by Gasteiger charge is 2.32. The van der Waals surface area contributed by atoms with E-state index in [0.29, 0.717) is 16.8 Å². The molecule has 10 heteroatoms. The summed E-state index contributed by atoms with van der Waals surface area (Å²) in [4.78, 5) is 11.4. The van der Waals surface area contributed by atoms with E-state index in [0.717, 1.165) is 29.7 Å². The number of nitrogens with zero attached hydrogens (tertiary/aromatic N) is 3. The molecule has 0 saturated heterocycles. The van der Waals surface area contributed by atoms with Crippen molar-refractivity contribution in [3.8, 4) is 28.4 Å². The predicted octanol–water partition coefficient (Wildman–Crippen LogP) is 8.71. The van der Waals surface area contributed by atoms with Crippen LogP contribution in [0.5, 0.6) is 11.6 Å². The van der Waals surface area contributed by atoms with E-state index in [1.54, 1.807) is 36.4 Å². The number of aromatic hydroxyl groups is 2. The van der Waals surface area contributed by atoms with E-state index in [1.807, 2.05) is 19.9 Å². The molecule has 1 heterocycles. The summed E-state index contributed by atoms with van der Waals surface area (Å²) in [6.07, 6.45) is -3.84. The molecule has 4 aromatic carbocycles. The molecule has 0 amide bonds. The zero-order valence-electron chi connectivity index (χ0n) is 21.9. The number of hydrogen-bond acceptors (Lipinski definition) is 5. The third kappa shape index (κ3) is 5.11. The topological polar surface area (TPSA) is 107 Å². The summed E-state index contributed by atoms with van der Waals surface area (Å²) in [5.41, 5.74) is 2.32. The second-order valence-corrected chi connectivity index (χ2v) is 9.46. The third-order valence-corrected chi connectivity index (χ3v) is 6.90. The van der Waals surface area contributed by atoms with E-state index in [1.165, 1.54) is 28.8 Å². The van der Waals surface area contributed by atoms with Gasteiger partial charge < -0.3 is 15.3 Å². The number of halogens is 3. The van der Waals surface area contributed by atoms with Crippen LogP contribution in [0.2, 0.25) is 0 Å². The lowest BCUT2D eigenvalue weighted by atomic mass is 10.0. The molecule has 5 rings (SSSR count). The number of aromatic carboxylic acids is 1. The molecular formula is C31H24F3N3O4. The van der Waals surface area contributed by atoms with Crippen molar-refractivity contribution in [1.82, 2.24) is 4.57 Å². The summed E-state index contributed by atoms with van der Waals surface area (Å²) < 4.78 is 42.1. The number of rotatable bonds is 6. The van der Waals surface area contributed by atoms with Crippen LogP contribution in [0.4, 0.5) is 24.5 Å². The minimum Gasteiger partial charge on any atom is -0.505 e. The van der Waals surface area contributed by atoms with Gasteiger partial charge in [-0.2, -0.15) is 13.2 Å². The lowest BCUT2D eigenvalue weighted by Gasteiger charge is -2.12. The fraction of sp³-hybridized carbons (Fsp3) is 0.129. The van der Waals surface area contributed by atoms with Crippen molar-refractivity contribution in [3.63, 3.8) is 0 Å². The second-order valence-electron chi connectivity index (χ2n) is 9.46. The Morgan fingerprint density at radius 2 is 1.68 bits per heavy atom. The van der Waals surface area contributed by atoms with Crippen LogP contribution in [0.15, 0.2) is 89.1 Å². The Morgan fingerprint density at radius 3 is 2.37 bits per heavy atom. The van der Waals surface area contributed by atoms with Gasteiger partial charge in [-0.05, 0) is 78.6 Å². The Kier molecular flexibility index (Phi) is 7.00. The Morgan fingerprint density at radius 1 is 0.927 bits per heavy atom. The molecule has 0 aliphatic heterocycles. The quantitative estimate of drug-likeness (QED) is 0.181. The highest BCUT2D eigenvalue weighted by molar-refractivity contribution is 5.97. The molecule has 0 saturated carbocycles. The van der Waals surface area contributed by atoms with E-state index in [-0.39, 0.29) is 33.6 Å². The van der Waals surface area contributed by atoms with Crippen LogP contribution >= 0.6 is 0 Å². The fourth-order valence-corrected chi connectivity index (χ4v) is 4.78. The third-order valence-electron chi connectivity index (χ3n) is 6.90. The maximum Gasteiger partial charge on any atom is 0.416 e. The van der Waals surface area contributed by atoms with Gasteiger partial charge in [0.15, 0.2) is 11.4 Å². The standard InChI is InChI=1S/C31H24F3N3O4/c1-3-18-10-12-22(14-17(18)2)37-26-16-21(31(32,33)34)11-13-24(26)27(29(37)39)36-35-25-9-5-8-23(28(25)38)19-6-4-7-20(15-19)30(40)41/h4-16,38-39H,3H2,1-2H3,(H,40,41). The Labute approximate surface area is 232 Å². The zero-order chi connectivity index (χ0) is 29.5. The molecule has 0 atom stereocenters. The van der Waals surface area contributed by atoms with Crippen LogP contribution in [0, 0.1) is 6.92 Å². The smallest absolute Gasteiger partial charge is 0.416 e. The van der Waals surface area contributed by atoms with Crippen molar-refractivity contribution in [2.75, 3.05) is 0 Å². The summed E-state index contributed by atoms with van der Waals surface area (Å²) in [5.74, 6) is -1.83. The SMILES string of the molecule is CCc1ccc(-n2c(O)c(N=Nc3cccc(-c4cccc(C(=O)O)c4)c3O)c3ccc(C(F)(F)F)cc32)cc1C. The molecule has 0 aliphatic carbocycles. The van der Waals surface area contributed by atoms with Gasteiger partial charge in [0.2, 0.25) is 5.88 Å². The number of carbonyl (C=O) groups is 1. The average molecular weight is 560 g/mol. The molecule has 5 aromatic rings. The van der Waals surface area contributed by atoms with Crippen LogP contribution in [0.1, 0.15) is 34.0 Å². The largest absolute Gasteiger partial charge is 0.505 e. The number of phenolic OH excluding ortho intramolecular Hbond substituents is 1. The van der Waals surface area contributed by atoms with E-state index in [2.05, 4.69) is 10.2 Å². The van der Waals surface area contributed by atoms with Gasteiger partial charge in [0.05, 0.1) is 16.6 Å². The predicted molar refractivity (Wildman–Crippen MR) is 149 cm³/mol. The van der Waals surface area contributed by atoms with Gasteiger partial charge in [0.1, 0.15) is 5.69 Å². The van der Waals surface area contributed by atoms with Crippen molar-refractivity contribution in [2.24, 2.45) is 10.2 Å². The average Bonchev–Trinajstić information content (AvgIpc) is 3.22. The number of azo groups is 1. The van der Waals surface area contributed by atoms with E-state index >= 15 is 0 Å². The summed E-state index contributed by atoms with van der Waals surface area (Å²) >= 11 is 0. The number of benzene rings is 4. The van der Waals surface area contributed by atoms with Gasteiger partial charge in [0.25, 0.3) is 0 Å². The monoisotopic (exact) mass is 559 g/mol. The normalized spacial score (nSPS) is 11.9. The van der Waals surface area contributed by atoms with Gasteiger partial charge in [-0.15, -0.1) is 10.2 Å². The second kappa shape index (κ2) is 10.5. The first-order chi connectivity index (χ1) is 19.5. The molecule has 3 N–H and O–H groups in total. The number of aryl methyl sites for hydroxylation is 2. The molecule has 0 aliphatic rings. The number of carboxylic acid groups (broad SMARTS) is 1. The summed E-state index contributed by atoms with van der Waals surface area (Å²) in [7, 11) is 0. The van der Waals surface area contributed by atoms with E-state index in [9.17, 15) is 33.3 Å². The van der Waals surface area contributed by atoms with Crippen LogP contribution in [-0.4, -0.2) is 25.9 Å². The molecule has 208 valence electrons. The van der Waals surface area contributed by atoms with E-state index < -0.39 is 23.6 Å². The van der Waals surface area contributed by atoms with Crippen LogP contribution in [0.3, 0.4) is 0 Å². The minimum absolute atomic E-state index is 0.0126.